The van der Waals surface area contributed by atoms with Gasteiger partial charge in [-0.3, -0.25) is 0 Å². The van der Waals surface area contributed by atoms with Gasteiger partial charge in [0.05, 0.1) is 6.10 Å². The van der Waals surface area contributed by atoms with E-state index in [-0.39, 0.29) is 6.10 Å². The summed E-state index contributed by atoms with van der Waals surface area (Å²) < 4.78 is 0. The molecule has 1 fully saturated rings. The van der Waals surface area contributed by atoms with Crippen molar-refractivity contribution in [3.8, 4) is 0 Å². The summed E-state index contributed by atoms with van der Waals surface area (Å²) in [6.45, 7) is 4.34. The molecule has 0 spiro atoms. The second kappa shape index (κ2) is 4.07. The summed E-state index contributed by atoms with van der Waals surface area (Å²) in [6, 6.07) is 1.23. The molecule has 0 saturated heterocycles. The Hall–Kier alpha value is -0.0800. The summed E-state index contributed by atoms with van der Waals surface area (Å²) >= 11 is 0. The SMILES string of the molecule is CC(C)N[C@H]1CC[C@@H](O)CC1. The number of hydrogen-bond acceptors (Lipinski definition) is 2. The van der Waals surface area contributed by atoms with Gasteiger partial charge in [-0.25, -0.2) is 0 Å². The molecule has 2 N–H and O–H groups in total. The van der Waals surface area contributed by atoms with Crippen LogP contribution in [-0.4, -0.2) is 23.3 Å². The zero-order valence-electron chi connectivity index (χ0n) is 7.51. The minimum Gasteiger partial charge on any atom is -0.393 e. The number of aliphatic hydroxyl groups is 1. The topological polar surface area (TPSA) is 32.3 Å². The van der Waals surface area contributed by atoms with Crippen LogP contribution in [0.15, 0.2) is 0 Å². The van der Waals surface area contributed by atoms with Gasteiger partial charge in [-0.05, 0) is 25.7 Å². The molecule has 66 valence electrons. The predicted molar refractivity (Wildman–Crippen MR) is 46.5 cm³/mol. The monoisotopic (exact) mass is 157 g/mol. The zero-order valence-corrected chi connectivity index (χ0v) is 7.51. The number of rotatable bonds is 2. The lowest BCUT2D eigenvalue weighted by molar-refractivity contribution is 0.115. The van der Waals surface area contributed by atoms with Crippen molar-refractivity contribution in [2.75, 3.05) is 0 Å². The highest BCUT2D eigenvalue weighted by Crippen LogP contribution is 2.18. The van der Waals surface area contributed by atoms with Crippen molar-refractivity contribution in [3.05, 3.63) is 0 Å². The molecule has 1 rings (SSSR count). The second-order valence-electron chi connectivity index (χ2n) is 3.83. The third-order valence-corrected chi connectivity index (χ3v) is 2.27. The van der Waals surface area contributed by atoms with Crippen LogP contribution in [0.3, 0.4) is 0 Å². The predicted octanol–water partition coefficient (Wildman–Crippen LogP) is 1.29. The van der Waals surface area contributed by atoms with Crippen molar-refractivity contribution in [2.45, 2.75) is 57.7 Å². The molecule has 1 aliphatic carbocycles. The van der Waals surface area contributed by atoms with Gasteiger partial charge in [0, 0.05) is 12.1 Å². The average molecular weight is 157 g/mol. The van der Waals surface area contributed by atoms with Crippen molar-refractivity contribution in [1.29, 1.82) is 0 Å². The Morgan fingerprint density at radius 2 is 1.73 bits per heavy atom. The standard InChI is InChI=1S/C9H19NO/c1-7(2)10-8-3-5-9(11)6-4-8/h7-11H,3-6H2,1-2H3/t8-,9+. The average Bonchev–Trinajstić information content (AvgIpc) is 1.93. The van der Waals surface area contributed by atoms with Gasteiger partial charge in [0.15, 0.2) is 0 Å². The fourth-order valence-electron chi connectivity index (χ4n) is 1.71. The van der Waals surface area contributed by atoms with Crippen molar-refractivity contribution in [1.82, 2.24) is 5.32 Å². The summed E-state index contributed by atoms with van der Waals surface area (Å²) in [4.78, 5) is 0. The summed E-state index contributed by atoms with van der Waals surface area (Å²) in [5, 5.41) is 12.7. The molecule has 0 radical (unpaired) electrons. The molecule has 0 amide bonds. The van der Waals surface area contributed by atoms with E-state index in [1.54, 1.807) is 0 Å². The van der Waals surface area contributed by atoms with Crippen LogP contribution >= 0.6 is 0 Å². The molecule has 0 aromatic carbocycles. The van der Waals surface area contributed by atoms with Crippen LogP contribution in [0.25, 0.3) is 0 Å². The minimum absolute atomic E-state index is 0.0276. The van der Waals surface area contributed by atoms with E-state index in [4.69, 9.17) is 0 Å². The highest BCUT2D eigenvalue weighted by atomic mass is 16.3. The first kappa shape index (κ1) is 9.01. The van der Waals surface area contributed by atoms with E-state index in [1.807, 2.05) is 0 Å². The lowest BCUT2D eigenvalue weighted by Gasteiger charge is -2.27. The van der Waals surface area contributed by atoms with Crippen molar-refractivity contribution < 1.29 is 5.11 Å². The van der Waals surface area contributed by atoms with Gasteiger partial charge in [0.1, 0.15) is 0 Å². The number of hydrogen-bond donors (Lipinski definition) is 2. The molecular weight excluding hydrogens is 138 g/mol. The normalized spacial score (nSPS) is 32.7. The van der Waals surface area contributed by atoms with Crippen molar-refractivity contribution in [2.24, 2.45) is 0 Å². The molecular formula is C9H19NO. The molecule has 0 unspecified atom stereocenters. The van der Waals surface area contributed by atoms with Gasteiger partial charge < -0.3 is 10.4 Å². The highest BCUT2D eigenvalue weighted by Gasteiger charge is 2.18. The van der Waals surface area contributed by atoms with Crippen LogP contribution in [0.5, 0.6) is 0 Å². The summed E-state index contributed by atoms with van der Waals surface area (Å²) in [5.41, 5.74) is 0. The fraction of sp³-hybridized carbons (Fsp3) is 1.00. The first-order valence-corrected chi connectivity index (χ1v) is 4.62. The van der Waals surface area contributed by atoms with Gasteiger partial charge in [-0.1, -0.05) is 13.8 Å². The number of nitrogens with one attached hydrogen (secondary N) is 1. The maximum Gasteiger partial charge on any atom is 0.0541 e. The van der Waals surface area contributed by atoms with Crippen LogP contribution < -0.4 is 5.32 Å². The van der Waals surface area contributed by atoms with Gasteiger partial charge in [0.2, 0.25) is 0 Å². The second-order valence-corrected chi connectivity index (χ2v) is 3.83. The zero-order chi connectivity index (χ0) is 8.27. The van der Waals surface area contributed by atoms with Crippen LogP contribution in [0, 0.1) is 0 Å². The molecule has 0 atom stereocenters. The van der Waals surface area contributed by atoms with Gasteiger partial charge in [-0.15, -0.1) is 0 Å². The van der Waals surface area contributed by atoms with Crippen LogP contribution in [0.4, 0.5) is 0 Å². The summed E-state index contributed by atoms with van der Waals surface area (Å²) in [6.07, 6.45) is 4.20. The lowest BCUT2D eigenvalue weighted by Crippen LogP contribution is -2.38. The molecule has 0 aliphatic heterocycles. The van der Waals surface area contributed by atoms with E-state index in [1.165, 1.54) is 0 Å². The number of aliphatic hydroxyl groups excluding tert-OH is 1. The molecule has 0 heterocycles. The molecule has 0 aromatic heterocycles. The Bertz CT molecular complexity index is 106. The van der Waals surface area contributed by atoms with E-state index in [0.29, 0.717) is 12.1 Å². The maximum absolute atomic E-state index is 9.23. The Labute approximate surface area is 69.0 Å². The van der Waals surface area contributed by atoms with E-state index in [9.17, 15) is 5.11 Å². The van der Waals surface area contributed by atoms with Crippen LogP contribution in [0.1, 0.15) is 39.5 Å². The highest BCUT2D eigenvalue weighted by molar-refractivity contribution is 4.77. The van der Waals surface area contributed by atoms with Gasteiger partial charge in [0.25, 0.3) is 0 Å². The van der Waals surface area contributed by atoms with Crippen LogP contribution in [-0.2, 0) is 0 Å². The first-order chi connectivity index (χ1) is 5.18. The Morgan fingerprint density at radius 3 is 2.18 bits per heavy atom. The molecule has 0 aromatic rings. The van der Waals surface area contributed by atoms with Crippen LogP contribution in [0.2, 0.25) is 0 Å². The van der Waals surface area contributed by atoms with E-state index in [2.05, 4.69) is 19.2 Å². The minimum atomic E-state index is -0.0276. The summed E-state index contributed by atoms with van der Waals surface area (Å²) in [7, 11) is 0. The van der Waals surface area contributed by atoms with Gasteiger partial charge in [-0.2, -0.15) is 0 Å². The Balaban J connectivity index is 2.17. The Morgan fingerprint density at radius 1 is 1.18 bits per heavy atom. The summed E-state index contributed by atoms with van der Waals surface area (Å²) in [5.74, 6) is 0. The fourth-order valence-corrected chi connectivity index (χ4v) is 1.71. The van der Waals surface area contributed by atoms with Crippen molar-refractivity contribution >= 4 is 0 Å². The van der Waals surface area contributed by atoms with E-state index < -0.39 is 0 Å². The maximum atomic E-state index is 9.23. The molecule has 0 bridgehead atoms. The first-order valence-electron chi connectivity index (χ1n) is 4.62. The van der Waals surface area contributed by atoms with Gasteiger partial charge >= 0.3 is 0 Å². The third-order valence-electron chi connectivity index (χ3n) is 2.27. The van der Waals surface area contributed by atoms with E-state index >= 15 is 0 Å². The third kappa shape index (κ3) is 3.21. The van der Waals surface area contributed by atoms with Crippen molar-refractivity contribution in [3.63, 3.8) is 0 Å². The molecule has 2 heteroatoms. The van der Waals surface area contributed by atoms with E-state index in [0.717, 1.165) is 25.7 Å². The largest absolute Gasteiger partial charge is 0.393 e. The molecule has 1 saturated carbocycles. The molecule has 1 aliphatic rings. The lowest BCUT2D eigenvalue weighted by atomic mass is 9.93. The molecule has 11 heavy (non-hydrogen) atoms. The quantitative estimate of drug-likeness (QED) is 0.633. The molecule has 2 nitrogen and oxygen atoms in total. The Kier molecular flexibility index (Phi) is 3.34. The smallest absolute Gasteiger partial charge is 0.0541 e.